The number of hydrogen-bond donors (Lipinski definition) is 2. The first-order chi connectivity index (χ1) is 19.1. The van der Waals surface area contributed by atoms with E-state index in [9.17, 15) is 19.2 Å². The van der Waals surface area contributed by atoms with E-state index in [1.54, 1.807) is 36.4 Å². The summed E-state index contributed by atoms with van der Waals surface area (Å²) in [4.78, 5) is 32.0. The number of nitrogens with two attached hydrogens (primary N) is 1. The standard InChI is InChI=1S/C28H26FN7O2S2/c1-15-6-7-17(29)9-19(15)33-22(38)14-39-27-35-34-26(40-27)36-20-10-28(2,3)11-21(37)24(20)23(18(12-30)25(36)31)16-5-4-8-32-13-16/h4-9,13,23H,10-11,14,31H2,1-3H3,(H,33,38). The van der Waals surface area contributed by atoms with Crippen LogP contribution in [-0.2, 0) is 9.59 Å². The second-order valence-electron chi connectivity index (χ2n) is 10.4. The minimum Gasteiger partial charge on any atom is -0.384 e. The Labute approximate surface area is 239 Å². The van der Waals surface area contributed by atoms with Crippen molar-refractivity contribution in [3.05, 3.63) is 82.3 Å². The molecular weight excluding hydrogens is 549 g/mol. The zero-order valence-electron chi connectivity index (χ0n) is 22.1. The molecule has 3 heterocycles. The predicted molar refractivity (Wildman–Crippen MR) is 152 cm³/mol. The highest BCUT2D eigenvalue weighted by Gasteiger charge is 2.45. The summed E-state index contributed by atoms with van der Waals surface area (Å²) in [6.07, 6.45) is 4.17. The van der Waals surface area contributed by atoms with Gasteiger partial charge in [-0.2, -0.15) is 5.26 Å². The van der Waals surface area contributed by atoms with Crippen LogP contribution in [0.5, 0.6) is 0 Å². The average molecular weight is 576 g/mol. The lowest BCUT2D eigenvalue weighted by Crippen LogP contribution is -2.42. The lowest BCUT2D eigenvalue weighted by atomic mass is 9.69. The second-order valence-corrected chi connectivity index (χ2v) is 12.6. The maximum absolute atomic E-state index is 13.6. The maximum Gasteiger partial charge on any atom is 0.234 e. The van der Waals surface area contributed by atoms with Gasteiger partial charge in [0.25, 0.3) is 0 Å². The van der Waals surface area contributed by atoms with Crippen LogP contribution in [0.1, 0.15) is 43.7 Å². The molecule has 3 aromatic rings. The van der Waals surface area contributed by atoms with Crippen molar-refractivity contribution in [2.45, 2.75) is 43.9 Å². The Morgan fingerprint density at radius 2 is 2.12 bits per heavy atom. The Morgan fingerprint density at radius 1 is 1.32 bits per heavy atom. The van der Waals surface area contributed by atoms with Gasteiger partial charge in [-0.25, -0.2) is 4.39 Å². The van der Waals surface area contributed by atoms with Crippen LogP contribution in [0.25, 0.3) is 0 Å². The van der Waals surface area contributed by atoms with Gasteiger partial charge < -0.3 is 11.1 Å². The smallest absolute Gasteiger partial charge is 0.234 e. The molecule has 0 radical (unpaired) electrons. The van der Waals surface area contributed by atoms with Crippen LogP contribution in [0.15, 0.2) is 69.7 Å². The number of anilines is 2. The number of carbonyl (C=O) groups excluding carboxylic acids is 2. The van der Waals surface area contributed by atoms with Crippen molar-refractivity contribution >= 4 is 45.6 Å². The molecule has 3 N–H and O–H groups in total. The molecule has 2 aromatic heterocycles. The van der Waals surface area contributed by atoms with Gasteiger partial charge in [0.05, 0.1) is 23.3 Å². The van der Waals surface area contributed by atoms with Crippen molar-refractivity contribution in [2.24, 2.45) is 11.1 Å². The summed E-state index contributed by atoms with van der Waals surface area (Å²) in [5.41, 5.74) is 9.64. The van der Waals surface area contributed by atoms with Gasteiger partial charge in [-0.1, -0.05) is 49.1 Å². The van der Waals surface area contributed by atoms with E-state index in [1.165, 1.54) is 35.2 Å². The molecule has 12 heteroatoms. The summed E-state index contributed by atoms with van der Waals surface area (Å²) >= 11 is 2.39. The molecule has 1 aliphatic carbocycles. The fourth-order valence-corrected chi connectivity index (χ4v) is 6.68. The summed E-state index contributed by atoms with van der Waals surface area (Å²) in [5, 5.41) is 21.8. The van der Waals surface area contributed by atoms with Crippen molar-refractivity contribution < 1.29 is 14.0 Å². The Hall–Kier alpha value is -4.08. The molecule has 204 valence electrons. The summed E-state index contributed by atoms with van der Waals surface area (Å²) < 4.78 is 14.1. The fraction of sp³-hybridized carbons (Fsp3) is 0.286. The highest BCUT2D eigenvalue weighted by molar-refractivity contribution is 8.01. The van der Waals surface area contributed by atoms with Crippen LogP contribution in [-0.4, -0.2) is 32.6 Å². The van der Waals surface area contributed by atoms with E-state index < -0.39 is 11.7 Å². The Bertz CT molecular complexity index is 1610. The molecule has 0 saturated carbocycles. The molecule has 0 saturated heterocycles. The predicted octanol–water partition coefficient (Wildman–Crippen LogP) is 5.05. The van der Waals surface area contributed by atoms with Crippen molar-refractivity contribution in [2.75, 3.05) is 16.0 Å². The number of ketones is 1. The number of halogens is 1. The fourth-order valence-electron chi connectivity index (χ4n) is 5.00. The molecule has 1 amide bonds. The quantitative estimate of drug-likeness (QED) is 0.387. The molecule has 0 spiro atoms. The van der Waals surface area contributed by atoms with Crippen LogP contribution in [0.4, 0.5) is 15.2 Å². The zero-order chi connectivity index (χ0) is 28.6. The minimum atomic E-state index is -0.620. The number of aryl methyl sites for hydroxylation is 1. The van der Waals surface area contributed by atoms with Crippen LogP contribution in [0, 0.1) is 29.5 Å². The number of benzene rings is 1. The molecule has 1 aromatic carbocycles. The van der Waals surface area contributed by atoms with Gasteiger partial charge in [0, 0.05) is 35.8 Å². The molecule has 0 fully saturated rings. The summed E-state index contributed by atoms with van der Waals surface area (Å²) in [6, 6.07) is 10.0. The summed E-state index contributed by atoms with van der Waals surface area (Å²) in [7, 11) is 0. The molecule has 1 unspecified atom stereocenters. The van der Waals surface area contributed by atoms with Gasteiger partial charge in [0.15, 0.2) is 10.1 Å². The summed E-state index contributed by atoms with van der Waals surface area (Å²) in [6.45, 7) is 5.82. The van der Waals surface area contributed by atoms with Crippen LogP contribution in [0.3, 0.4) is 0 Å². The number of carbonyl (C=O) groups is 2. The Kier molecular flexibility index (Phi) is 7.44. The number of hydrogen-bond acceptors (Lipinski definition) is 10. The molecule has 0 bridgehead atoms. The minimum absolute atomic E-state index is 0.0297. The van der Waals surface area contributed by atoms with Crippen LogP contribution >= 0.6 is 23.1 Å². The first-order valence-corrected chi connectivity index (χ1v) is 14.3. The van der Waals surface area contributed by atoms with Gasteiger partial charge in [0.1, 0.15) is 11.6 Å². The molecule has 40 heavy (non-hydrogen) atoms. The molecule has 2 aliphatic rings. The second kappa shape index (κ2) is 10.8. The maximum atomic E-state index is 13.6. The van der Waals surface area contributed by atoms with Crippen molar-refractivity contribution in [3.8, 4) is 6.07 Å². The molecule has 5 rings (SSSR count). The molecular formula is C28H26FN7O2S2. The third-order valence-electron chi connectivity index (χ3n) is 6.79. The lowest BCUT2D eigenvalue weighted by molar-refractivity contribution is -0.118. The number of nitriles is 1. The molecule has 1 aliphatic heterocycles. The van der Waals surface area contributed by atoms with E-state index >= 15 is 0 Å². The molecule has 9 nitrogen and oxygen atoms in total. The Morgan fingerprint density at radius 3 is 2.85 bits per heavy atom. The van der Waals surface area contributed by atoms with Crippen molar-refractivity contribution in [1.82, 2.24) is 15.2 Å². The number of nitrogens with zero attached hydrogens (tertiary/aromatic N) is 5. The SMILES string of the molecule is Cc1ccc(F)cc1NC(=O)CSc1nnc(N2C(N)=C(C#N)C(c3cccnc3)C3=C2CC(C)(C)CC3=O)s1. The van der Waals surface area contributed by atoms with E-state index in [4.69, 9.17) is 5.73 Å². The number of thioether (sulfide) groups is 1. The van der Waals surface area contributed by atoms with Crippen LogP contribution in [0.2, 0.25) is 0 Å². The number of rotatable bonds is 6. The normalized spacial score (nSPS) is 18.4. The van der Waals surface area contributed by atoms with Crippen molar-refractivity contribution in [3.63, 3.8) is 0 Å². The van der Waals surface area contributed by atoms with Gasteiger partial charge in [-0.05, 0) is 48.1 Å². The van der Waals surface area contributed by atoms with Gasteiger partial charge in [-0.15, -0.1) is 10.2 Å². The number of amides is 1. The number of pyridine rings is 1. The van der Waals surface area contributed by atoms with Gasteiger partial charge >= 0.3 is 0 Å². The first-order valence-electron chi connectivity index (χ1n) is 12.5. The largest absolute Gasteiger partial charge is 0.384 e. The number of nitrogens with one attached hydrogen (secondary N) is 1. The third kappa shape index (κ3) is 5.35. The monoisotopic (exact) mass is 575 g/mol. The van der Waals surface area contributed by atoms with Gasteiger partial charge in [0.2, 0.25) is 11.0 Å². The Balaban J connectivity index is 1.45. The average Bonchev–Trinajstić information content (AvgIpc) is 3.37. The highest BCUT2D eigenvalue weighted by atomic mass is 32.2. The summed E-state index contributed by atoms with van der Waals surface area (Å²) in [5.74, 6) is -1.20. The van der Waals surface area contributed by atoms with Crippen LogP contribution < -0.4 is 16.0 Å². The number of allylic oxidation sites excluding steroid dienone is 3. The highest BCUT2D eigenvalue weighted by Crippen LogP contribution is 2.50. The van der Waals surface area contributed by atoms with E-state index in [-0.39, 0.29) is 34.3 Å². The number of Topliss-reactive ketones (excluding diaryl/α,β-unsaturated/α-hetero) is 1. The van der Waals surface area contributed by atoms with E-state index in [0.717, 1.165) is 11.1 Å². The first kappa shape index (κ1) is 27.5. The molecule has 1 atom stereocenters. The lowest BCUT2D eigenvalue weighted by Gasteiger charge is -2.42. The number of aromatic nitrogens is 3. The van der Waals surface area contributed by atoms with E-state index in [1.807, 2.05) is 19.9 Å². The third-order valence-corrected chi connectivity index (χ3v) is 8.83. The van der Waals surface area contributed by atoms with E-state index in [0.29, 0.717) is 39.3 Å². The zero-order valence-corrected chi connectivity index (χ0v) is 23.7. The topological polar surface area (TPSA) is 138 Å². The van der Waals surface area contributed by atoms with E-state index in [2.05, 4.69) is 26.6 Å². The van der Waals surface area contributed by atoms with Crippen molar-refractivity contribution in [1.29, 1.82) is 5.26 Å². The van der Waals surface area contributed by atoms with Gasteiger partial charge in [-0.3, -0.25) is 19.5 Å².